The van der Waals surface area contributed by atoms with Gasteiger partial charge in [-0.15, -0.1) is 11.3 Å². The van der Waals surface area contributed by atoms with Gasteiger partial charge in [-0.1, -0.05) is 18.2 Å². The predicted octanol–water partition coefficient (Wildman–Crippen LogP) is 3.14. The Kier molecular flexibility index (Phi) is 3.15. The molecule has 0 atom stereocenters. The van der Waals surface area contributed by atoms with Gasteiger partial charge >= 0.3 is 0 Å². The molecular weight excluding hydrogens is 208 g/mol. The first-order valence-electron chi connectivity index (χ1n) is 4.60. The Morgan fingerprint density at radius 1 is 1.13 bits per heavy atom. The van der Waals surface area contributed by atoms with Crippen LogP contribution in [-0.2, 0) is 6.61 Å². The molecule has 0 aliphatic rings. The van der Waals surface area contributed by atoms with Crippen LogP contribution >= 0.6 is 11.3 Å². The lowest BCUT2D eigenvalue weighted by molar-refractivity contribution is 0.112. The first-order chi connectivity index (χ1) is 7.38. The molecule has 1 aromatic carbocycles. The second-order valence-electron chi connectivity index (χ2n) is 3.02. The van der Waals surface area contributed by atoms with Gasteiger partial charge in [-0.05, 0) is 24.3 Å². The van der Waals surface area contributed by atoms with E-state index in [1.165, 1.54) is 11.3 Å². The highest BCUT2D eigenvalue weighted by atomic mass is 32.1. The molecule has 0 saturated heterocycles. The van der Waals surface area contributed by atoms with Crippen LogP contribution in [0.4, 0.5) is 0 Å². The van der Waals surface area contributed by atoms with Crippen molar-refractivity contribution < 1.29 is 9.53 Å². The lowest BCUT2D eigenvalue weighted by Gasteiger charge is -2.02. The molecule has 0 radical (unpaired) electrons. The van der Waals surface area contributed by atoms with Crippen molar-refractivity contribution in [2.45, 2.75) is 6.61 Å². The minimum absolute atomic E-state index is 0.516. The molecule has 2 aromatic rings. The molecule has 0 N–H and O–H groups in total. The first kappa shape index (κ1) is 9.93. The number of benzene rings is 1. The summed E-state index contributed by atoms with van der Waals surface area (Å²) in [4.78, 5) is 12.3. The molecule has 0 saturated carbocycles. The number of ether oxygens (including phenoxy) is 1. The van der Waals surface area contributed by atoms with Crippen molar-refractivity contribution in [1.82, 2.24) is 0 Å². The molecule has 0 spiro atoms. The minimum atomic E-state index is 0.516. The maximum atomic E-state index is 10.5. The van der Waals surface area contributed by atoms with Gasteiger partial charge in [-0.25, -0.2) is 0 Å². The normalized spacial score (nSPS) is 9.87. The Bertz CT molecular complexity index is 434. The Hall–Kier alpha value is -1.61. The van der Waals surface area contributed by atoms with Crippen LogP contribution in [0.3, 0.4) is 0 Å². The number of hydrogen-bond donors (Lipinski definition) is 0. The smallest absolute Gasteiger partial charge is 0.160 e. The number of rotatable bonds is 4. The van der Waals surface area contributed by atoms with Crippen LogP contribution in [0.25, 0.3) is 0 Å². The third-order valence-corrected chi connectivity index (χ3v) is 2.91. The molecule has 0 aliphatic heterocycles. The van der Waals surface area contributed by atoms with E-state index < -0.39 is 0 Å². The van der Waals surface area contributed by atoms with E-state index in [1.807, 2.05) is 36.4 Å². The Morgan fingerprint density at radius 2 is 1.93 bits per heavy atom. The number of carbonyl (C=O) groups is 1. The van der Waals surface area contributed by atoms with Crippen molar-refractivity contribution >= 4 is 17.6 Å². The van der Waals surface area contributed by atoms with Gasteiger partial charge in [-0.3, -0.25) is 4.79 Å². The molecule has 0 amide bonds. The zero-order valence-corrected chi connectivity index (χ0v) is 8.87. The summed E-state index contributed by atoms with van der Waals surface area (Å²) in [5.41, 5.74) is 0. The van der Waals surface area contributed by atoms with Gasteiger partial charge in [-0.2, -0.15) is 0 Å². The molecule has 15 heavy (non-hydrogen) atoms. The van der Waals surface area contributed by atoms with E-state index in [9.17, 15) is 4.79 Å². The van der Waals surface area contributed by atoms with Gasteiger partial charge in [0.15, 0.2) is 6.29 Å². The minimum Gasteiger partial charge on any atom is -0.488 e. The van der Waals surface area contributed by atoms with E-state index >= 15 is 0 Å². The van der Waals surface area contributed by atoms with E-state index in [4.69, 9.17) is 4.74 Å². The second-order valence-corrected chi connectivity index (χ2v) is 4.22. The van der Waals surface area contributed by atoms with Crippen LogP contribution < -0.4 is 4.74 Å². The molecular formula is C12H10O2S. The number of carbonyl (C=O) groups excluding carboxylic acids is 1. The van der Waals surface area contributed by atoms with Gasteiger partial charge in [0.05, 0.1) is 4.88 Å². The number of thiophene rings is 1. The quantitative estimate of drug-likeness (QED) is 0.737. The topological polar surface area (TPSA) is 26.3 Å². The Labute approximate surface area is 92.1 Å². The standard InChI is InChI=1S/C12H10O2S/c13-8-11-6-7-12(15-11)9-14-10-4-2-1-3-5-10/h1-8H,9H2. The lowest BCUT2D eigenvalue weighted by Crippen LogP contribution is -1.91. The van der Waals surface area contributed by atoms with Crippen LogP contribution in [0.1, 0.15) is 14.5 Å². The van der Waals surface area contributed by atoms with Crippen LogP contribution in [0.2, 0.25) is 0 Å². The number of para-hydroxylation sites is 1. The fourth-order valence-corrected chi connectivity index (χ4v) is 1.95. The third-order valence-electron chi connectivity index (χ3n) is 1.92. The fourth-order valence-electron chi connectivity index (χ4n) is 1.21. The zero-order chi connectivity index (χ0) is 10.5. The predicted molar refractivity (Wildman–Crippen MR) is 60.5 cm³/mol. The Balaban J connectivity index is 1.96. The monoisotopic (exact) mass is 218 g/mol. The van der Waals surface area contributed by atoms with Gasteiger partial charge in [0.1, 0.15) is 12.4 Å². The van der Waals surface area contributed by atoms with Gasteiger partial charge < -0.3 is 4.74 Å². The van der Waals surface area contributed by atoms with Gasteiger partial charge in [0.2, 0.25) is 0 Å². The van der Waals surface area contributed by atoms with Gasteiger partial charge in [0.25, 0.3) is 0 Å². The highest BCUT2D eigenvalue weighted by Gasteiger charge is 1.99. The van der Waals surface area contributed by atoms with E-state index in [2.05, 4.69) is 0 Å². The molecule has 0 fully saturated rings. The molecule has 2 rings (SSSR count). The molecule has 3 heteroatoms. The molecule has 0 bridgehead atoms. The van der Waals surface area contributed by atoms with Crippen molar-refractivity contribution in [1.29, 1.82) is 0 Å². The summed E-state index contributed by atoms with van der Waals surface area (Å²) in [6.07, 6.45) is 0.858. The number of hydrogen-bond acceptors (Lipinski definition) is 3. The maximum Gasteiger partial charge on any atom is 0.160 e. The highest BCUT2D eigenvalue weighted by Crippen LogP contribution is 2.17. The zero-order valence-electron chi connectivity index (χ0n) is 8.05. The van der Waals surface area contributed by atoms with E-state index in [0.29, 0.717) is 6.61 Å². The molecule has 2 nitrogen and oxygen atoms in total. The van der Waals surface area contributed by atoms with Crippen molar-refractivity contribution in [3.8, 4) is 5.75 Å². The summed E-state index contributed by atoms with van der Waals surface area (Å²) >= 11 is 1.46. The van der Waals surface area contributed by atoms with Crippen molar-refractivity contribution in [3.63, 3.8) is 0 Å². The lowest BCUT2D eigenvalue weighted by atomic mass is 10.3. The van der Waals surface area contributed by atoms with E-state index in [1.54, 1.807) is 6.07 Å². The third kappa shape index (κ3) is 2.67. The molecule has 0 aliphatic carbocycles. The van der Waals surface area contributed by atoms with Crippen molar-refractivity contribution in [2.75, 3.05) is 0 Å². The molecule has 1 heterocycles. The molecule has 76 valence electrons. The second kappa shape index (κ2) is 4.75. The average molecular weight is 218 g/mol. The van der Waals surface area contributed by atoms with Crippen LogP contribution in [0.15, 0.2) is 42.5 Å². The van der Waals surface area contributed by atoms with Crippen LogP contribution in [0.5, 0.6) is 5.75 Å². The summed E-state index contributed by atoms with van der Waals surface area (Å²) in [5.74, 6) is 0.846. The van der Waals surface area contributed by atoms with E-state index in [0.717, 1.165) is 21.8 Å². The average Bonchev–Trinajstić information content (AvgIpc) is 2.76. The number of aldehydes is 1. The molecule has 1 aromatic heterocycles. The fraction of sp³-hybridized carbons (Fsp3) is 0.0833. The summed E-state index contributed by atoms with van der Waals surface area (Å²) in [7, 11) is 0. The van der Waals surface area contributed by atoms with E-state index in [-0.39, 0.29) is 0 Å². The highest BCUT2D eigenvalue weighted by molar-refractivity contribution is 7.13. The SMILES string of the molecule is O=Cc1ccc(COc2ccccc2)s1. The summed E-state index contributed by atoms with van der Waals surface area (Å²) in [6, 6.07) is 13.4. The van der Waals surface area contributed by atoms with Crippen LogP contribution in [0, 0.1) is 0 Å². The van der Waals surface area contributed by atoms with Crippen molar-refractivity contribution in [3.05, 3.63) is 52.2 Å². The van der Waals surface area contributed by atoms with Crippen LogP contribution in [-0.4, -0.2) is 6.29 Å². The Morgan fingerprint density at radius 3 is 2.60 bits per heavy atom. The van der Waals surface area contributed by atoms with Crippen molar-refractivity contribution in [2.24, 2.45) is 0 Å². The first-order valence-corrected chi connectivity index (χ1v) is 5.42. The maximum absolute atomic E-state index is 10.5. The summed E-state index contributed by atoms with van der Waals surface area (Å²) < 4.78 is 5.54. The largest absolute Gasteiger partial charge is 0.488 e. The summed E-state index contributed by atoms with van der Waals surface area (Å²) in [6.45, 7) is 0.516. The van der Waals surface area contributed by atoms with Gasteiger partial charge in [0, 0.05) is 4.88 Å². The molecule has 0 unspecified atom stereocenters. The summed E-state index contributed by atoms with van der Waals surface area (Å²) in [5, 5.41) is 0.